The predicted molar refractivity (Wildman–Crippen MR) is 85.3 cm³/mol. The molecular formula is C18H31NO3. The maximum Gasteiger partial charge on any atom is 0.222 e. The molecule has 1 spiro atoms. The van der Waals surface area contributed by atoms with Crippen LogP contribution < -0.4 is 5.32 Å². The summed E-state index contributed by atoms with van der Waals surface area (Å²) in [5.74, 6) is 1.76. The van der Waals surface area contributed by atoms with Gasteiger partial charge in [-0.25, -0.2) is 0 Å². The van der Waals surface area contributed by atoms with Crippen LogP contribution in [0.2, 0.25) is 0 Å². The van der Waals surface area contributed by atoms with Crippen LogP contribution in [0.4, 0.5) is 0 Å². The fourth-order valence-corrected chi connectivity index (χ4v) is 5.83. The molecule has 1 amide bonds. The summed E-state index contributed by atoms with van der Waals surface area (Å²) in [7, 11) is 0. The molecule has 5 atom stereocenters. The third-order valence-corrected chi connectivity index (χ3v) is 6.85. The predicted octanol–water partition coefficient (Wildman–Crippen LogP) is 2.35. The summed E-state index contributed by atoms with van der Waals surface area (Å²) < 4.78 is 6.12. The zero-order valence-electron chi connectivity index (χ0n) is 14.4. The van der Waals surface area contributed by atoms with Crippen molar-refractivity contribution in [3.8, 4) is 0 Å². The van der Waals surface area contributed by atoms with Gasteiger partial charge in [-0.1, -0.05) is 27.7 Å². The van der Waals surface area contributed by atoms with E-state index in [-0.39, 0.29) is 35.8 Å². The molecule has 1 saturated heterocycles. The first-order valence-corrected chi connectivity index (χ1v) is 8.84. The Hall–Kier alpha value is -0.610. The van der Waals surface area contributed by atoms with Gasteiger partial charge < -0.3 is 15.2 Å². The Balaban J connectivity index is 1.89. The molecule has 22 heavy (non-hydrogen) atoms. The topological polar surface area (TPSA) is 58.6 Å². The first kappa shape index (κ1) is 16.3. The molecule has 1 heterocycles. The van der Waals surface area contributed by atoms with E-state index in [1.807, 2.05) is 0 Å². The van der Waals surface area contributed by atoms with Crippen molar-refractivity contribution in [2.45, 2.75) is 65.5 Å². The number of aliphatic hydroxyl groups excluding tert-OH is 1. The molecule has 3 rings (SSSR count). The molecule has 2 bridgehead atoms. The second kappa shape index (κ2) is 5.48. The lowest BCUT2D eigenvalue weighted by molar-refractivity contribution is -0.144. The summed E-state index contributed by atoms with van der Waals surface area (Å²) in [5.41, 5.74) is 0.340. The van der Waals surface area contributed by atoms with Crippen molar-refractivity contribution in [3.05, 3.63) is 0 Å². The molecule has 2 N–H and O–H groups in total. The van der Waals surface area contributed by atoms with Crippen molar-refractivity contribution in [1.29, 1.82) is 0 Å². The highest BCUT2D eigenvalue weighted by Gasteiger charge is 2.68. The van der Waals surface area contributed by atoms with Gasteiger partial charge in [0, 0.05) is 19.1 Å². The number of amides is 1. The van der Waals surface area contributed by atoms with Gasteiger partial charge in [0.05, 0.1) is 12.7 Å². The van der Waals surface area contributed by atoms with Crippen LogP contribution in [0, 0.1) is 28.6 Å². The lowest BCUT2D eigenvalue weighted by Crippen LogP contribution is -2.60. The van der Waals surface area contributed by atoms with Crippen LogP contribution in [0.25, 0.3) is 0 Å². The minimum Gasteiger partial charge on any atom is -0.396 e. The Morgan fingerprint density at radius 1 is 1.41 bits per heavy atom. The highest BCUT2D eigenvalue weighted by molar-refractivity contribution is 5.76. The highest BCUT2D eigenvalue weighted by Crippen LogP contribution is 2.69. The second-order valence-corrected chi connectivity index (χ2v) is 8.60. The molecule has 4 heteroatoms. The summed E-state index contributed by atoms with van der Waals surface area (Å²) in [6, 6.07) is 0.216. The van der Waals surface area contributed by atoms with Crippen LogP contribution in [0.5, 0.6) is 0 Å². The molecule has 2 saturated carbocycles. The third kappa shape index (κ3) is 2.22. The van der Waals surface area contributed by atoms with Crippen LogP contribution in [0.15, 0.2) is 0 Å². The van der Waals surface area contributed by atoms with Gasteiger partial charge in [0.15, 0.2) is 0 Å². The number of aliphatic hydroxyl groups is 1. The first-order chi connectivity index (χ1) is 10.3. The number of rotatable bonds is 4. The molecule has 0 aromatic carbocycles. The van der Waals surface area contributed by atoms with E-state index in [4.69, 9.17) is 9.84 Å². The molecule has 3 aliphatic rings. The smallest absolute Gasteiger partial charge is 0.222 e. The number of fused-ring (bicyclic) bond motifs is 1. The van der Waals surface area contributed by atoms with Crippen LogP contribution >= 0.6 is 0 Å². The van der Waals surface area contributed by atoms with E-state index >= 15 is 0 Å². The normalized spacial score (nSPS) is 42.5. The molecular weight excluding hydrogens is 278 g/mol. The van der Waals surface area contributed by atoms with E-state index in [9.17, 15) is 4.79 Å². The standard InChI is InChI=1S/C18H31NO3/c1-11(2)15-13-9-12-10-18(13,6-8-22-15)16(17(12,3)4)19-14(21)5-7-20/h11-13,15-16,20H,5-10H2,1-4H3,(H,19,21)/t12-,13-,15-,16+,18-/m1/s1. The molecule has 3 fully saturated rings. The lowest BCUT2D eigenvalue weighted by Gasteiger charge is -2.54. The Morgan fingerprint density at radius 3 is 2.77 bits per heavy atom. The van der Waals surface area contributed by atoms with Crippen molar-refractivity contribution in [2.24, 2.45) is 28.6 Å². The van der Waals surface area contributed by atoms with Crippen molar-refractivity contribution < 1.29 is 14.6 Å². The van der Waals surface area contributed by atoms with Crippen LogP contribution in [-0.4, -0.2) is 36.4 Å². The molecule has 2 aliphatic carbocycles. The Morgan fingerprint density at radius 2 is 2.14 bits per heavy atom. The summed E-state index contributed by atoms with van der Waals surface area (Å²) >= 11 is 0. The fourth-order valence-electron chi connectivity index (χ4n) is 5.83. The van der Waals surface area contributed by atoms with Gasteiger partial charge >= 0.3 is 0 Å². The molecule has 0 aromatic rings. The van der Waals surface area contributed by atoms with Crippen molar-refractivity contribution in [1.82, 2.24) is 5.32 Å². The summed E-state index contributed by atoms with van der Waals surface area (Å²) in [6.07, 6.45) is 4.06. The van der Waals surface area contributed by atoms with E-state index in [1.165, 1.54) is 12.8 Å². The lowest BCUT2D eigenvalue weighted by atomic mass is 9.58. The Labute approximate surface area is 134 Å². The van der Waals surface area contributed by atoms with Crippen molar-refractivity contribution in [2.75, 3.05) is 13.2 Å². The Bertz CT molecular complexity index is 448. The zero-order valence-corrected chi connectivity index (χ0v) is 14.4. The van der Waals surface area contributed by atoms with Crippen LogP contribution in [-0.2, 0) is 9.53 Å². The van der Waals surface area contributed by atoms with Gasteiger partial charge in [-0.15, -0.1) is 0 Å². The molecule has 0 unspecified atom stereocenters. The van der Waals surface area contributed by atoms with Gasteiger partial charge in [0.2, 0.25) is 5.91 Å². The number of nitrogens with one attached hydrogen (secondary N) is 1. The monoisotopic (exact) mass is 309 g/mol. The number of carbonyl (C=O) groups excluding carboxylic acids is 1. The molecule has 0 aromatic heterocycles. The third-order valence-electron chi connectivity index (χ3n) is 6.85. The second-order valence-electron chi connectivity index (χ2n) is 8.60. The number of hydrogen-bond acceptors (Lipinski definition) is 3. The number of hydrogen-bond donors (Lipinski definition) is 2. The quantitative estimate of drug-likeness (QED) is 0.838. The SMILES string of the molecule is CC(C)[C@H]1OCC[C@@]23C[C@@H](C[C@H]12)C(C)(C)[C@@H]3NC(=O)CCO. The van der Waals surface area contributed by atoms with E-state index in [0.29, 0.717) is 23.9 Å². The van der Waals surface area contributed by atoms with Crippen LogP contribution in [0.1, 0.15) is 53.4 Å². The first-order valence-electron chi connectivity index (χ1n) is 8.84. The van der Waals surface area contributed by atoms with Crippen molar-refractivity contribution >= 4 is 5.91 Å². The van der Waals surface area contributed by atoms with Gasteiger partial charge in [-0.2, -0.15) is 0 Å². The van der Waals surface area contributed by atoms with E-state index in [2.05, 4.69) is 33.0 Å². The van der Waals surface area contributed by atoms with E-state index in [1.54, 1.807) is 0 Å². The molecule has 0 radical (unpaired) electrons. The maximum atomic E-state index is 12.1. The average molecular weight is 309 g/mol. The minimum absolute atomic E-state index is 0.00570. The van der Waals surface area contributed by atoms with Gasteiger partial charge in [-0.05, 0) is 47.8 Å². The summed E-state index contributed by atoms with van der Waals surface area (Å²) in [6.45, 7) is 9.87. The minimum atomic E-state index is -0.0728. The molecule has 4 nitrogen and oxygen atoms in total. The van der Waals surface area contributed by atoms with Gasteiger partial charge in [0.1, 0.15) is 0 Å². The van der Waals surface area contributed by atoms with E-state index < -0.39 is 0 Å². The Kier molecular flexibility index (Phi) is 4.05. The van der Waals surface area contributed by atoms with E-state index in [0.717, 1.165) is 13.0 Å². The van der Waals surface area contributed by atoms with Gasteiger partial charge in [0.25, 0.3) is 0 Å². The fraction of sp³-hybridized carbons (Fsp3) is 0.944. The maximum absolute atomic E-state index is 12.1. The average Bonchev–Trinajstić information content (AvgIpc) is 2.92. The summed E-state index contributed by atoms with van der Waals surface area (Å²) in [4.78, 5) is 12.1. The summed E-state index contributed by atoms with van der Waals surface area (Å²) in [5, 5.41) is 12.3. The van der Waals surface area contributed by atoms with Crippen molar-refractivity contribution in [3.63, 3.8) is 0 Å². The van der Waals surface area contributed by atoms with Gasteiger partial charge in [-0.3, -0.25) is 4.79 Å². The molecule has 126 valence electrons. The number of carbonyl (C=O) groups is 1. The largest absolute Gasteiger partial charge is 0.396 e. The number of ether oxygens (including phenoxy) is 1. The van der Waals surface area contributed by atoms with Crippen LogP contribution in [0.3, 0.4) is 0 Å². The zero-order chi connectivity index (χ0) is 16.1. The molecule has 1 aliphatic heterocycles. The highest BCUT2D eigenvalue weighted by atomic mass is 16.5.